The molecule has 0 atom stereocenters. The Bertz CT molecular complexity index is 1710. The Labute approximate surface area is 275 Å². The average Bonchev–Trinajstić information content (AvgIpc) is 3.62. The molecule has 4 heterocycles. The number of methoxy groups -OCH3 is 3. The number of aromatic nitrogens is 5. The smallest absolute Gasteiger partial charge is 0.229 e. The van der Waals surface area contributed by atoms with Crippen LogP contribution in [0.15, 0.2) is 79.1 Å². The van der Waals surface area contributed by atoms with Crippen LogP contribution in [0.25, 0.3) is 11.4 Å². The van der Waals surface area contributed by atoms with Crippen molar-refractivity contribution < 1.29 is 14.2 Å². The van der Waals surface area contributed by atoms with Crippen LogP contribution in [0.4, 0.5) is 17.5 Å². The Morgan fingerprint density at radius 3 is 1.96 bits per heavy atom. The van der Waals surface area contributed by atoms with Gasteiger partial charge in [0.25, 0.3) is 0 Å². The van der Waals surface area contributed by atoms with E-state index in [1.165, 1.54) is 12.8 Å². The van der Waals surface area contributed by atoms with Gasteiger partial charge in [-0.15, -0.1) is 0 Å². The Balaban J connectivity index is 1.39. The number of nitrogens with zero attached hydrogens (tertiary/aromatic N) is 7. The number of anilines is 3. The molecule has 1 N–H and O–H groups in total. The van der Waals surface area contributed by atoms with Crippen LogP contribution in [0, 0.1) is 6.92 Å². The number of rotatable bonds is 13. The molecule has 0 radical (unpaired) electrons. The molecule has 3 aromatic heterocycles. The van der Waals surface area contributed by atoms with E-state index in [4.69, 9.17) is 34.1 Å². The van der Waals surface area contributed by atoms with E-state index in [1.54, 1.807) is 27.5 Å². The van der Waals surface area contributed by atoms with Crippen molar-refractivity contribution in [2.45, 2.75) is 39.4 Å². The number of benzene rings is 2. The number of likely N-dealkylation sites (tertiary alicyclic amines) is 1. The van der Waals surface area contributed by atoms with Crippen molar-refractivity contribution in [2.75, 3.05) is 44.6 Å². The molecule has 5 aromatic rings. The van der Waals surface area contributed by atoms with Crippen LogP contribution < -0.4 is 24.4 Å². The standard InChI is InChI=1S/C36H40N8O3/c1-25-39-35(32-19-28(22-43-17-5-6-18-43)20-38-34(32)41-29-11-16-33(47-4)37-21-29)42-36(40-25)44(23-26-7-12-30(45-2)13-8-26)24-27-9-14-31(46-3)15-10-27/h7-16,19-21H,5-6,17-18,22-24H2,1-4H3,(H,38,41). The molecule has 0 amide bonds. The summed E-state index contributed by atoms with van der Waals surface area (Å²) in [6, 6.07) is 22.0. The van der Waals surface area contributed by atoms with Gasteiger partial charge >= 0.3 is 0 Å². The molecule has 1 saturated heterocycles. The second-order valence-electron chi connectivity index (χ2n) is 11.5. The van der Waals surface area contributed by atoms with Crippen LogP contribution in [0.3, 0.4) is 0 Å². The zero-order chi connectivity index (χ0) is 32.6. The molecule has 1 aliphatic heterocycles. The van der Waals surface area contributed by atoms with Crippen LogP contribution >= 0.6 is 0 Å². The Hall–Kier alpha value is -5.29. The Morgan fingerprint density at radius 1 is 0.723 bits per heavy atom. The van der Waals surface area contributed by atoms with Crippen LogP contribution in [0.2, 0.25) is 0 Å². The third-order valence-electron chi connectivity index (χ3n) is 8.08. The molecule has 1 fully saturated rings. The molecule has 6 rings (SSSR count). The lowest BCUT2D eigenvalue weighted by Gasteiger charge is -2.24. The minimum atomic E-state index is 0.538. The van der Waals surface area contributed by atoms with Gasteiger partial charge in [-0.1, -0.05) is 24.3 Å². The number of aryl methyl sites for hydroxylation is 1. The van der Waals surface area contributed by atoms with E-state index in [0.29, 0.717) is 42.4 Å². The van der Waals surface area contributed by atoms with E-state index in [9.17, 15) is 0 Å². The van der Waals surface area contributed by atoms with Crippen LogP contribution in [-0.4, -0.2) is 64.2 Å². The lowest BCUT2D eigenvalue weighted by Crippen LogP contribution is -2.25. The fourth-order valence-corrected chi connectivity index (χ4v) is 5.60. The van der Waals surface area contributed by atoms with E-state index in [1.807, 2.05) is 49.5 Å². The highest BCUT2D eigenvalue weighted by atomic mass is 16.5. The second-order valence-corrected chi connectivity index (χ2v) is 11.5. The molecular formula is C36H40N8O3. The molecule has 1 aliphatic rings. The first kappa shape index (κ1) is 31.7. The summed E-state index contributed by atoms with van der Waals surface area (Å²) in [6.45, 7) is 6.06. The predicted molar refractivity (Wildman–Crippen MR) is 182 cm³/mol. The van der Waals surface area contributed by atoms with Gasteiger partial charge in [0.05, 0.1) is 38.8 Å². The van der Waals surface area contributed by atoms with Gasteiger partial charge in [-0.25, -0.2) is 15.0 Å². The molecule has 0 saturated carbocycles. The number of nitrogens with one attached hydrogen (secondary N) is 1. The van der Waals surface area contributed by atoms with Crippen molar-refractivity contribution in [1.82, 2.24) is 29.8 Å². The summed E-state index contributed by atoms with van der Waals surface area (Å²) in [4.78, 5) is 28.6. The molecule has 0 unspecified atom stereocenters. The van der Waals surface area contributed by atoms with Gasteiger partial charge in [-0.2, -0.15) is 9.97 Å². The van der Waals surface area contributed by atoms with Gasteiger partial charge in [0, 0.05) is 31.9 Å². The van der Waals surface area contributed by atoms with Gasteiger partial charge < -0.3 is 24.4 Å². The van der Waals surface area contributed by atoms with Gasteiger partial charge in [0.15, 0.2) is 5.82 Å². The molecule has 0 bridgehead atoms. The van der Waals surface area contributed by atoms with Gasteiger partial charge in [-0.3, -0.25) is 4.90 Å². The van der Waals surface area contributed by atoms with Crippen molar-refractivity contribution >= 4 is 17.5 Å². The summed E-state index contributed by atoms with van der Waals surface area (Å²) in [6.07, 6.45) is 6.09. The minimum absolute atomic E-state index is 0.538. The van der Waals surface area contributed by atoms with E-state index in [2.05, 4.69) is 50.4 Å². The Kier molecular flexibility index (Phi) is 10.0. The summed E-state index contributed by atoms with van der Waals surface area (Å²) in [5.74, 6) is 4.51. The first-order valence-electron chi connectivity index (χ1n) is 15.7. The van der Waals surface area contributed by atoms with Crippen LogP contribution in [-0.2, 0) is 19.6 Å². The van der Waals surface area contributed by atoms with Crippen LogP contribution in [0.1, 0.15) is 35.4 Å². The molecule has 11 nitrogen and oxygen atoms in total. The predicted octanol–water partition coefficient (Wildman–Crippen LogP) is 6.21. The van der Waals surface area contributed by atoms with Crippen LogP contribution in [0.5, 0.6) is 17.4 Å². The number of hydrogen-bond acceptors (Lipinski definition) is 11. The first-order chi connectivity index (χ1) is 23.0. The highest BCUT2D eigenvalue weighted by molar-refractivity contribution is 5.75. The van der Waals surface area contributed by atoms with Gasteiger partial charge in [0.1, 0.15) is 23.1 Å². The maximum absolute atomic E-state index is 5.39. The lowest BCUT2D eigenvalue weighted by atomic mass is 10.1. The zero-order valence-corrected chi connectivity index (χ0v) is 27.3. The molecule has 47 heavy (non-hydrogen) atoms. The van der Waals surface area contributed by atoms with Crippen molar-refractivity contribution in [3.05, 3.63) is 102 Å². The largest absolute Gasteiger partial charge is 0.497 e. The second kappa shape index (κ2) is 14.9. The maximum atomic E-state index is 5.39. The number of ether oxygens (including phenoxy) is 3. The zero-order valence-electron chi connectivity index (χ0n) is 27.3. The fourth-order valence-electron chi connectivity index (χ4n) is 5.60. The Morgan fingerprint density at radius 2 is 1.38 bits per heavy atom. The lowest BCUT2D eigenvalue weighted by molar-refractivity contribution is 0.331. The molecule has 242 valence electrons. The summed E-state index contributed by atoms with van der Waals surface area (Å²) in [5.41, 5.74) is 4.87. The maximum Gasteiger partial charge on any atom is 0.229 e. The first-order valence-corrected chi connectivity index (χ1v) is 15.7. The normalized spacial score (nSPS) is 12.9. The van der Waals surface area contributed by atoms with Crippen molar-refractivity contribution in [1.29, 1.82) is 0 Å². The molecular weight excluding hydrogens is 592 g/mol. The quantitative estimate of drug-likeness (QED) is 0.160. The molecule has 0 aliphatic carbocycles. The molecule has 11 heteroatoms. The topological polar surface area (TPSA) is 111 Å². The summed E-state index contributed by atoms with van der Waals surface area (Å²) < 4.78 is 16.0. The van der Waals surface area contributed by atoms with Crippen molar-refractivity contribution in [3.8, 4) is 28.8 Å². The summed E-state index contributed by atoms with van der Waals surface area (Å²) >= 11 is 0. The fraction of sp³-hybridized carbons (Fsp3) is 0.306. The van der Waals surface area contributed by atoms with E-state index < -0.39 is 0 Å². The SMILES string of the molecule is COc1ccc(CN(Cc2ccc(OC)cc2)c2nc(C)nc(-c3cc(CN4CCCC4)cnc3Nc3ccc(OC)nc3)n2)cc1. The minimum Gasteiger partial charge on any atom is -0.497 e. The third-order valence-corrected chi connectivity index (χ3v) is 8.08. The number of hydrogen-bond donors (Lipinski definition) is 1. The van der Waals surface area contributed by atoms with Crippen molar-refractivity contribution in [2.24, 2.45) is 0 Å². The summed E-state index contributed by atoms with van der Waals surface area (Å²) in [7, 11) is 4.94. The monoisotopic (exact) mass is 632 g/mol. The average molecular weight is 633 g/mol. The summed E-state index contributed by atoms with van der Waals surface area (Å²) in [5, 5.41) is 3.43. The number of pyridine rings is 2. The molecule has 0 spiro atoms. The van der Waals surface area contributed by atoms with E-state index in [0.717, 1.165) is 59.1 Å². The third kappa shape index (κ3) is 8.11. The highest BCUT2D eigenvalue weighted by Crippen LogP contribution is 2.30. The van der Waals surface area contributed by atoms with Gasteiger partial charge in [-0.05, 0) is 85.9 Å². The van der Waals surface area contributed by atoms with Gasteiger partial charge in [0.2, 0.25) is 11.8 Å². The molecule has 2 aromatic carbocycles. The van der Waals surface area contributed by atoms with Crippen molar-refractivity contribution in [3.63, 3.8) is 0 Å². The van der Waals surface area contributed by atoms with E-state index in [-0.39, 0.29) is 0 Å². The van der Waals surface area contributed by atoms with E-state index >= 15 is 0 Å². The highest BCUT2D eigenvalue weighted by Gasteiger charge is 2.20.